The summed E-state index contributed by atoms with van der Waals surface area (Å²) in [5.74, 6) is 1.30. The largest absolute Gasteiger partial charge is 0.506 e. The van der Waals surface area contributed by atoms with Gasteiger partial charge in [-0.2, -0.15) is 0 Å². The molecule has 0 unspecified atom stereocenters. The molecular formula is C18H19N3O2. The number of hydrogen-bond acceptors (Lipinski definition) is 3. The molecule has 1 aliphatic carbocycles. The van der Waals surface area contributed by atoms with E-state index in [1.54, 1.807) is 18.3 Å². The Morgan fingerprint density at radius 2 is 2.22 bits per heavy atom. The van der Waals surface area contributed by atoms with Crippen LogP contribution in [0.2, 0.25) is 0 Å². The van der Waals surface area contributed by atoms with Crippen molar-refractivity contribution in [3.05, 3.63) is 47.7 Å². The Kier molecular flexibility index (Phi) is 3.04. The van der Waals surface area contributed by atoms with E-state index < -0.39 is 0 Å². The molecule has 23 heavy (non-hydrogen) atoms. The van der Waals surface area contributed by atoms with Crippen LogP contribution in [0.5, 0.6) is 5.75 Å². The molecular weight excluding hydrogens is 290 g/mol. The lowest BCUT2D eigenvalue weighted by molar-refractivity contribution is 0.0888. The summed E-state index contributed by atoms with van der Waals surface area (Å²) in [6.07, 6.45) is 5.37. The van der Waals surface area contributed by atoms with Gasteiger partial charge in [-0.25, -0.2) is 4.98 Å². The van der Waals surface area contributed by atoms with Crippen molar-refractivity contribution < 1.29 is 9.90 Å². The average Bonchev–Trinajstić information content (AvgIpc) is 3.06. The highest BCUT2D eigenvalue weighted by atomic mass is 16.3. The monoisotopic (exact) mass is 309 g/mol. The van der Waals surface area contributed by atoms with Crippen LogP contribution in [-0.2, 0) is 20.0 Å². The van der Waals surface area contributed by atoms with Crippen molar-refractivity contribution in [1.82, 2.24) is 14.1 Å². The van der Waals surface area contributed by atoms with Crippen molar-refractivity contribution in [2.45, 2.75) is 26.3 Å². The molecule has 5 nitrogen and oxygen atoms in total. The highest BCUT2D eigenvalue weighted by Gasteiger charge is 2.32. The maximum Gasteiger partial charge on any atom is 0.170 e. The van der Waals surface area contributed by atoms with Gasteiger partial charge in [0.05, 0.1) is 5.52 Å². The van der Waals surface area contributed by atoms with Crippen molar-refractivity contribution >= 4 is 16.7 Å². The molecule has 1 atom stereocenters. The minimum Gasteiger partial charge on any atom is -0.506 e. The van der Waals surface area contributed by atoms with Gasteiger partial charge in [-0.1, -0.05) is 12.1 Å². The Balaban J connectivity index is 1.80. The third-order valence-corrected chi connectivity index (χ3v) is 5.00. The quantitative estimate of drug-likeness (QED) is 0.792. The lowest BCUT2D eigenvalue weighted by Crippen LogP contribution is -2.27. The summed E-state index contributed by atoms with van der Waals surface area (Å²) < 4.78 is 4.01. The number of aromatic nitrogens is 3. The first-order valence-electron chi connectivity index (χ1n) is 7.89. The molecule has 1 N–H and O–H groups in total. The van der Waals surface area contributed by atoms with E-state index in [-0.39, 0.29) is 17.5 Å². The zero-order chi connectivity index (χ0) is 16.1. The number of para-hydroxylation sites is 1. The van der Waals surface area contributed by atoms with Gasteiger partial charge in [0.2, 0.25) is 0 Å². The molecule has 1 aromatic carbocycles. The first-order valence-corrected chi connectivity index (χ1v) is 7.89. The van der Waals surface area contributed by atoms with Crippen LogP contribution < -0.4 is 0 Å². The number of aromatic hydroxyl groups is 1. The number of carbonyl (C=O) groups excluding carboxylic acids is 1. The van der Waals surface area contributed by atoms with Gasteiger partial charge in [0.15, 0.2) is 5.78 Å². The lowest BCUT2D eigenvalue weighted by Gasteiger charge is -2.23. The van der Waals surface area contributed by atoms with Crippen molar-refractivity contribution in [2.24, 2.45) is 13.0 Å². The molecule has 2 heterocycles. The fraction of sp³-hybridized carbons (Fsp3) is 0.333. The Morgan fingerprint density at radius 3 is 2.96 bits per heavy atom. The number of phenolic OH excluding ortho intramolecular Hbond substituents is 1. The first kappa shape index (κ1) is 14.1. The third kappa shape index (κ3) is 2.00. The third-order valence-electron chi connectivity index (χ3n) is 5.00. The summed E-state index contributed by atoms with van der Waals surface area (Å²) >= 11 is 0. The van der Waals surface area contributed by atoms with Gasteiger partial charge in [0.25, 0.3) is 0 Å². The van der Waals surface area contributed by atoms with Crippen molar-refractivity contribution in [2.75, 3.05) is 0 Å². The molecule has 0 saturated carbocycles. The number of aryl methyl sites for hydroxylation is 2. The van der Waals surface area contributed by atoms with Crippen LogP contribution in [0.25, 0.3) is 10.9 Å². The SMILES string of the molecule is Cc1nccn1C[C@@H]1CCc2c(c3cccc(O)c3n2C)C1=O. The summed E-state index contributed by atoms with van der Waals surface area (Å²) in [6, 6.07) is 5.40. The average molecular weight is 309 g/mol. The normalized spacial score (nSPS) is 17.7. The van der Waals surface area contributed by atoms with Gasteiger partial charge in [-0.15, -0.1) is 0 Å². The van der Waals surface area contributed by atoms with Crippen molar-refractivity contribution in [1.29, 1.82) is 0 Å². The molecule has 0 fully saturated rings. The molecule has 0 amide bonds. The highest BCUT2D eigenvalue weighted by Crippen LogP contribution is 2.37. The van der Waals surface area contributed by atoms with E-state index in [0.29, 0.717) is 6.54 Å². The molecule has 0 aliphatic heterocycles. The molecule has 4 rings (SSSR count). The molecule has 0 saturated heterocycles. The number of imidazole rings is 1. The fourth-order valence-corrected chi connectivity index (χ4v) is 3.77. The van der Waals surface area contributed by atoms with Crippen LogP contribution in [0.4, 0.5) is 0 Å². The Hall–Kier alpha value is -2.56. The number of carbonyl (C=O) groups is 1. The second kappa shape index (κ2) is 4.98. The van der Waals surface area contributed by atoms with E-state index >= 15 is 0 Å². The van der Waals surface area contributed by atoms with Gasteiger partial charge in [-0.3, -0.25) is 4.79 Å². The predicted molar refractivity (Wildman–Crippen MR) is 87.7 cm³/mol. The molecule has 0 bridgehead atoms. The number of fused-ring (bicyclic) bond motifs is 3. The summed E-state index contributed by atoms with van der Waals surface area (Å²) in [5.41, 5.74) is 2.57. The number of Topliss-reactive ketones (excluding diaryl/α,β-unsaturated/α-hetero) is 1. The first-order chi connectivity index (χ1) is 11.1. The van der Waals surface area contributed by atoms with E-state index in [0.717, 1.165) is 40.8 Å². The number of nitrogens with zero attached hydrogens (tertiary/aromatic N) is 3. The zero-order valence-corrected chi connectivity index (χ0v) is 13.3. The second-order valence-corrected chi connectivity index (χ2v) is 6.28. The summed E-state index contributed by atoms with van der Waals surface area (Å²) in [5, 5.41) is 11.0. The molecule has 3 aromatic rings. The van der Waals surface area contributed by atoms with E-state index in [4.69, 9.17) is 0 Å². The summed E-state index contributed by atoms with van der Waals surface area (Å²) in [7, 11) is 1.93. The molecule has 0 radical (unpaired) electrons. The van der Waals surface area contributed by atoms with E-state index in [1.807, 2.05) is 35.4 Å². The van der Waals surface area contributed by atoms with Crippen LogP contribution in [0.3, 0.4) is 0 Å². The smallest absolute Gasteiger partial charge is 0.170 e. The number of benzene rings is 1. The minimum absolute atomic E-state index is 0.0386. The fourth-order valence-electron chi connectivity index (χ4n) is 3.77. The highest BCUT2D eigenvalue weighted by molar-refractivity contribution is 6.12. The van der Waals surface area contributed by atoms with Crippen LogP contribution in [0, 0.1) is 12.8 Å². The standard InChI is InChI=1S/C18H19N3O2/c1-11-19-8-9-21(11)10-12-6-7-14-16(18(12)23)13-4-3-5-15(22)17(13)20(14)2/h3-5,8-9,12,22H,6-7,10H2,1-2H3/t12-/m0/s1. The van der Waals surface area contributed by atoms with Crippen LogP contribution in [0.15, 0.2) is 30.6 Å². The maximum atomic E-state index is 13.1. The number of rotatable bonds is 2. The molecule has 2 aromatic heterocycles. The Bertz CT molecular complexity index is 920. The van der Waals surface area contributed by atoms with E-state index in [2.05, 4.69) is 4.98 Å². The van der Waals surface area contributed by atoms with Gasteiger partial charge < -0.3 is 14.2 Å². The Labute approximate surface area is 134 Å². The molecule has 0 spiro atoms. The second-order valence-electron chi connectivity index (χ2n) is 6.28. The van der Waals surface area contributed by atoms with Gasteiger partial charge in [-0.05, 0) is 25.8 Å². The van der Waals surface area contributed by atoms with Crippen LogP contribution >= 0.6 is 0 Å². The minimum atomic E-state index is -0.0386. The van der Waals surface area contributed by atoms with Gasteiger partial charge in [0.1, 0.15) is 11.6 Å². The molecule has 118 valence electrons. The maximum absolute atomic E-state index is 13.1. The lowest BCUT2D eigenvalue weighted by atomic mass is 9.85. The van der Waals surface area contributed by atoms with Crippen molar-refractivity contribution in [3.8, 4) is 5.75 Å². The number of hydrogen-bond donors (Lipinski definition) is 1. The number of phenols is 1. The zero-order valence-electron chi connectivity index (χ0n) is 13.3. The van der Waals surface area contributed by atoms with Gasteiger partial charge >= 0.3 is 0 Å². The van der Waals surface area contributed by atoms with Crippen molar-refractivity contribution in [3.63, 3.8) is 0 Å². The summed E-state index contributed by atoms with van der Waals surface area (Å²) in [4.78, 5) is 17.3. The van der Waals surface area contributed by atoms with Gasteiger partial charge in [0, 0.05) is 48.5 Å². The Morgan fingerprint density at radius 1 is 1.39 bits per heavy atom. The molecule has 5 heteroatoms. The van der Waals surface area contributed by atoms with E-state index in [9.17, 15) is 9.90 Å². The topological polar surface area (TPSA) is 60.0 Å². The van der Waals surface area contributed by atoms with Crippen LogP contribution in [0.1, 0.15) is 28.3 Å². The van der Waals surface area contributed by atoms with Crippen LogP contribution in [-0.4, -0.2) is 25.0 Å². The molecule has 1 aliphatic rings. The van der Waals surface area contributed by atoms with E-state index in [1.165, 1.54) is 0 Å². The summed E-state index contributed by atoms with van der Waals surface area (Å²) in [6.45, 7) is 2.62. The number of ketones is 1. The predicted octanol–water partition coefficient (Wildman–Crippen LogP) is 2.83.